The molecular weight excluding hydrogens is 431 g/mol. The quantitative estimate of drug-likeness (QED) is 0.373. The fourth-order valence-electron chi connectivity index (χ4n) is 2.88. The van der Waals surface area contributed by atoms with Crippen molar-refractivity contribution < 1.29 is 33.0 Å². The van der Waals surface area contributed by atoms with Gasteiger partial charge in [0.25, 0.3) is 0 Å². The molecule has 1 fully saturated rings. The number of hydrogen-bond donors (Lipinski definition) is 2. The second-order valence-electron chi connectivity index (χ2n) is 6.58. The van der Waals surface area contributed by atoms with Gasteiger partial charge in [-0.3, -0.25) is 13.9 Å². The van der Waals surface area contributed by atoms with Crippen molar-refractivity contribution in [2.45, 2.75) is 25.0 Å². The van der Waals surface area contributed by atoms with Crippen LogP contribution in [0, 0.1) is 0 Å². The molecule has 12 nitrogen and oxygen atoms in total. The van der Waals surface area contributed by atoms with E-state index in [1.54, 1.807) is 30.3 Å². The van der Waals surface area contributed by atoms with Crippen LogP contribution in [-0.2, 0) is 34.5 Å². The summed E-state index contributed by atoms with van der Waals surface area (Å²) in [5.41, 5.74) is 5.55. The van der Waals surface area contributed by atoms with Crippen LogP contribution in [0.1, 0.15) is 11.8 Å². The molecule has 0 saturated carbocycles. The van der Waals surface area contributed by atoms with E-state index < -0.39 is 44.6 Å². The number of aromatic nitrogens is 2. The number of nitrogens with zero attached hydrogens (tertiary/aromatic N) is 2. The maximum absolute atomic E-state index is 12.3. The number of esters is 1. The SMILES string of the molecule is COC(=O)[C@H](Cc1ccccc1)NP(=O)([O-])OCC1OCC(n2ccc(N)nc2=O)O1. The number of hydrogen-bond acceptors (Lipinski definition) is 10. The van der Waals surface area contributed by atoms with E-state index in [2.05, 4.69) is 14.8 Å². The van der Waals surface area contributed by atoms with E-state index in [4.69, 9.17) is 19.7 Å². The Kier molecular flexibility index (Phi) is 7.55. The van der Waals surface area contributed by atoms with Crippen molar-refractivity contribution in [3.8, 4) is 0 Å². The average molecular weight is 453 g/mol. The van der Waals surface area contributed by atoms with Gasteiger partial charge in [0.05, 0.1) is 13.7 Å². The lowest BCUT2D eigenvalue weighted by atomic mass is 10.1. The minimum Gasteiger partial charge on any atom is -0.766 e. The first-order chi connectivity index (χ1) is 14.8. The number of carbonyl (C=O) groups is 1. The smallest absolute Gasteiger partial charge is 0.351 e. The maximum atomic E-state index is 12.3. The highest BCUT2D eigenvalue weighted by atomic mass is 31.2. The summed E-state index contributed by atoms with van der Waals surface area (Å²) in [4.78, 5) is 39.8. The van der Waals surface area contributed by atoms with Crippen molar-refractivity contribution in [1.82, 2.24) is 14.6 Å². The number of benzene rings is 1. The topological polar surface area (TPSA) is 167 Å². The van der Waals surface area contributed by atoms with Crippen LogP contribution in [-0.4, -0.2) is 48.2 Å². The molecule has 3 unspecified atom stereocenters. The predicted molar refractivity (Wildman–Crippen MR) is 105 cm³/mol. The first-order valence-electron chi connectivity index (χ1n) is 9.24. The molecule has 1 aromatic heterocycles. The van der Waals surface area contributed by atoms with E-state index in [1.165, 1.54) is 16.8 Å². The lowest BCUT2D eigenvalue weighted by Crippen LogP contribution is -2.41. The van der Waals surface area contributed by atoms with Crippen LogP contribution >= 0.6 is 7.75 Å². The van der Waals surface area contributed by atoms with Crippen molar-refractivity contribution in [3.63, 3.8) is 0 Å². The summed E-state index contributed by atoms with van der Waals surface area (Å²) in [7, 11) is -3.51. The molecule has 168 valence electrons. The number of methoxy groups -OCH3 is 1. The minimum atomic E-state index is -4.67. The molecule has 1 saturated heterocycles. The molecular formula is C18H22N4O8P-. The van der Waals surface area contributed by atoms with E-state index in [1.807, 2.05) is 0 Å². The first kappa shape index (κ1) is 23.1. The molecule has 1 aromatic carbocycles. The maximum Gasteiger partial charge on any atom is 0.351 e. The van der Waals surface area contributed by atoms with Gasteiger partial charge < -0.3 is 29.4 Å². The molecule has 0 spiro atoms. The average Bonchev–Trinajstić information content (AvgIpc) is 3.21. The highest BCUT2D eigenvalue weighted by Crippen LogP contribution is 2.34. The van der Waals surface area contributed by atoms with Gasteiger partial charge in [-0.2, -0.15) is 4.98 Å². The molecule has 1 aliphatic heterocycles. The highest BCUT2D eigenvalue weighted by Gasteiger charge is 2.31. The van der Waals surface area contributed by atoms with E-state index in [0.29, 0.717) is 0 Å². The second-order valence-corrected chi connectivity index (χ2v) is 8.10. The van der Waals surface area contributed by atoms with Gasteiger partial charge in [-0.1, -0.05) is 30.3 Å². The number of rotatable bonds is 9. The van der Waals surface area contributed by atoms with Gasteiger partial charge in [0, 0.05) is 6.20 Å². The van der Waals surface area contributed by atoms with Gasteiger partial charge in [0.2, 0.25) is 7.75 Å². The van der Waals surface area contributed by atoms with Gasteiger partial charge in [-0.15, -0.1) is 0 Å². The number of nitrogens with one attached hydrogen (secondary N) is 1. The van der Waals surface area contributed by atoms with Crippen LogP contribution in [0.15, 0.2) is 47.4 Å². The molecule has 0 bridgehead atoms. The second kappa shape index (κ2) is 10.1. The lowest BCUT2D eigenvalue weighted by Gasteiger charge is -2.29. The van der Waals surface area contributed by atoms with E-state index in [0.717, 1.165) is 12.7 Å². The third-order valence-corrected chi connectivity index (χ3v) is 5.48. The zero-order valence-electron chi connectivity index (χ0n) is 16.6. The molecule has 2 aromatic rings. The molecule has 13 heteroatoms. The third-order valence-electron chi connectivity index (χ3n) is 4.36. The van der Waals surface area contributed by atoms with Crippen molar-refractivity contribution in [2.75, 3.05) is 26.1 Å². The largest absolute Gasteiger partial charge is 0.766 e. The Labute approximate surface area is 177 Å². The van der Waals surface area contributed by atoms with E-state index in [9.17, 15) is 19.0 Å². The molecule has 2 heterocycles. The zero-order valence-corrected chi connectivity index (χ0v) is 17.5. The van der Waals surface area contributed by atoms with Gasteiger partial charge in [-0.05, 0) is 18.1 Å². The fraction of sp³-hybridized carbons (Fsp3) is 0.389. The van der Waals surface area contributed by atoms with Crippen LogP contribution in [0.5, 0.6) is 0 Å². The van der Waals surface area contributed by atoms with Crippen molar-refractivity contribution in [2.24, 2.45) is 0 Å². The molecule has 31 heavy (non-hydrogen) atoms. The van der Waals surface area contributed by atoms with Crippen LogP contribution in [0.2, 0.25) is 0 Å². The molecule has 3 rings (SSSR count). The highest BCUT2D eigenvalue weighted by molar-refractivity contribution is 7.49. The third kappa shape index (κ3) is 6.44. The molecule has 4 atom stereocenters. The van der Waals surface area contributed by atoms with Crippen LogP contribution in [0.25, 0.3) is 0 Å². The molecule has 3 N–H and O–H groups in total. The Morgan fingerprint density at radius 1 is 1.42 bits per heavy atom. The van der Waals surface area contributed by atoms with Gasteiger partial charge >= 0.3 is 11.7 Å². The summed E-state index contributed by atoms with van der Waals surface area (Å²) in [5.74, 6) is -0.693. The van der Waals surface area contributed by atoms with Gasteiger partial charge in [-0.25, -0.2) is 9.88 Å². The molecule has 0 amide bonds. The number of carbonyl (C=O) groups excluding carboxylic acids is 1. The minimum absolute atomic E-state index is 0.0189. The lowest BCUT2D eigenvalue weighted by molar-refractivity contribution is -0.210. The van der Waals surface area contributed by atoms with E-state index in [-0.39, 0.29) is 18.8 Å². The Morgan fingerprint density at radius 2 is 2.16 bits per heavy atom. The number of nitrogen functional groups attached to an aromatic ring is 1. The number of anilines is 1. The summed E-state index contributed by atoms with van der Waals surface area (Å²) in [6.07, 6.45) is -0.389. The normalized spacial score (nSPS) is 21.4. The zero-order chi connectivity index (χ0) is 22.4. The Morgan fingerprint density at radius 3 is 2.84 bits per heavy atom. The standard InChI is InChI=1S/C18H23N4O8P/c1-27-17(23)13(9-12-5-3-2-4-6-12)21-31(25,26)29-11-16-28-10-15(30-16)22-8-7-14(19)20-18(22)24/h2-8,13,15-16H,9-11H2,1H3,(H2,19,20,24)(H2,21,25,26)/p-1/t13-,15?,16?/m0/s1. The Bertz CT molecular complexity index is 1000. The van der Waals surface area contributed by atoms with Crippen molar-refractivity contribution >= 4 is 19.5 Å². The predicted octanol–water partition coefficient (Wildman–Crippen LogP) is -0.444. The van der Waals surface area contributed by atoms with Crippen LogP contribution in [0.3, 0.4) is 0 Å². The monoisotopic (exact) mass is 453 g/mol. The van der Waals surface area contributed by atoms with Crippen molar-refractivity contribution in [1.29, 1.82) is 0 Å². The molecule has 1 aliphatic rings. The summed E-state index contributed by atoms with van der Waals surface area (Å²) < 4.78 is 33.9. The number of nitrogens with two attached hydrogens (primary N) is 1. The summed E-state index contributed by atoms with van der Waals surface area (Å²) >= 11 is 0. The summed E-state index contributed by atoms with van der Waals surface area (Å²) in [5, 5.41) is 2.19. The number of ether oxygens (including phenoxy) is 3. The fourth-order valence-corrected chi connectivity index (χ4v) is 3.85. The van der Waals surface area contributed by atoms with Gasteiger partial charge in [0.1, 0.15) is 18.5 Å². The Balaban J connectivity index is 1.56. The summed E-state index contributed by atoms with van der Waals surface area (Å²) in [6.45, 7) is -0.504. The van der Waals surface area contributed by atoms with Crippen LogP contribution in [0.4, 0.5) is 5.82 Å². The first-order valence-corrected chi connectivity index (χ1v) is 10.8. The van der Waals surface area contributed by atoms with Gasteiger partial charge in [0.15, 0.2) is 12.5 Å². The Hall–Kier alpha value is -2.60. The van der Waals surface area contributed by atoms with Crippen LogP contribution < -0.4 is 21.4 Å². The summed E-state index contributed by atoms with van der Waals surface area (Å²) in [6, 6.07) is 9.09. The van der Waals surface area contributed by atoms with E-state index >= 15 is 0 Å². The molecule has 0 aliphatic carbocycles. The van der Waals surface area contributed by atoms with Crippen molar-refractivity contribution in [3.05, 3.63) is 58.6 Å². The molecule has 0 radical (unpaired) electrons.